The minimum Gasteiger partial charge on any atom is -0.372 e. The maximum atomic E-state index is 13.6. The SMILES string of the molecule is N#C/C=C/c1ccccc1S(=O)(=O)Oc1c(F)c(F)c(F)c(F)c1F. The lowest BCUT2D eigenvalue weighted by Crippen LogP contribution is -2.15. The minimum absolute atomic E-state index is 0.0899. The van der Waals surface area contributed by atoms with E-state index in [9.17, 15) is 30.4 Å². The normalized spacial score (nSPS) is 11.5. The van der Waals surface area contributed by atoms with Crippen LogP contribution in [0.5, 0.6) is 5.75 Å². The first kappa shape index (κ1) is 18.4. The lowest BCUT2D eigenvalue weighted by atomic mass is 10.2. The smallest absolute Gasteiger partial charge is 0.340 e. The predicted molar refractivity (Wildman–Crippen MR) is 75.1 cm³/mol. The number of rotatable bonds is 4. The molecule has 0 aliphatic rings. The Labute approximate surface area is 138 Å². The first-order chi connectivity index (χ1) is 11.7. The van der Waals surface area contributed by atoms with Crippen molar-refractivity contribution in [1.82, 2.24) is 0 Å². The molecule has 0 amide bonds. The van der Waals surface area contributed by atoms with Crippen LogP contribution in [0.15, 0.2) is 35.2 Å². The van der Waals surface area contributed by atoms with E-state index in [2.05, 4.69) is 4.18 Å². The summed E-state index contributed by atoms with van der Waals surface area (Å²) < 4.78 is 95.0. The molecule has 0 aliphatic heterocycles. The van der Waals surface area contributed by atoms with E-state index in [-0.39, 0.29) is 5.56 Å². The number of nitriles is 1. The quantitative estimate of drug-likeness (QED) is 0.269. The van der Waals surface area contributed by atoms with Gasteiger partial charge in [-0.2, -0.15) is 22.5 Å². The molecule has 0 aliphatic carbocycles. The highest BCUT2D eigenvalue weighted by Gasteiger charge is 2.31. The van der Waals surface area contributed by atoms with E-state index in [1.807, 2.05) is 0 Å². The number of benzene rings is 2. The van der Waals surface area contributed by atoms with E-state index in [4.69, 9.17) is 5.26 Å². The lowest BCUT2D eigenvalue weighted by Gasteiger charge is -2.11. The van der Waals surface area contributed by atoms with Crippen molar-refractivity contribution in [1.29, 1.82) is 5.26 Å². The van der Waals surface area contributed by atoms with Gasteiger partial charge in [0.15, 0.2) is 0 Å². The van der Waals surface area contributed by atoms with Crippen molar-refractivity contribution in [3.8, 4) is 11.8 Å². The van der Waals surface area contributed by atoms with Gasteiger partial charge in [-0.3, -0.25) is 0 Å². The standard InChI is InChI=1S/C15H6F5NO3S/c16-10-11(17)13(19)15(14(20)12(10)18)24-25(22,23)9-6-2-1-4-8(9)5-3-7-21/h1-6H/b5-3+. The molecule has 0 atom stereocenters. The third kappa shape index (κ3) is 3.46. The van der Waals surface area contributed by atoms with Crippen LogP contribution < -0.4 is 4.18 Å². The van der Waals surface area contributed by atoms with Crippen molar-refractivity contribution >= 4 is 16.2 Å². The van der Waals surface area contributed by atoms with Crippen molar-refractivity contribution < 1.29 is 34.6 Å². The number of hydrogen-bond acceptors (Lipinski definition) is 4. The van der Waals surface area contributed by atoms with Crippen molar-refractivity contribution in [2.45, 2.75) is 4.90 Å². The summed E-state index contributed by atoms with van der Waals surface area (Å²) in [5.74, 6) is -13.9. The molecule has 0 bridgehead atoms. The van der Waals surface area contributed by atoms with Crippen LogP contribution in [-0.2, 0) is 10.1 Å². The summed E-state index contributed by atoms with van der Waals surface area (Å²) in [6.45, 7) is 0. The zero-order chi connectivity index (χ0) is 18.8. The summed E-state index contributed by atoms with van der Waals surface area (Å²) in [7, 11) is -4.96. The molecular formula is C15H6F5NO3S. The van der Waals surface area contributed by atoms with Gasteiger partial charge in [0.05, 0.1) is 6.07 Å². The van der Waals surface area contributed by atoms with Crippen LogP contribution in [-0.4, -0.2) is 8.42 Å². The van der Waals surface area contributed by atoms with Gasteiger partial charge in [-0.25, -0.2) is 13.2 Å². The second kappa shape index (κ2) is 6.90. The average Bonchev–Trinajstić information content (AvgIpc) is 2.60. The van der Waals surface area contributed by atoms with Gasteiger partial charge in [-0.15, -0.1) is 0 Å². The molecule has 0 unspecified atom stereocenters. The van der Waals surface area contributed by atoms with E-state index in [0.717, 1.165) is 18.2 Å². The molecule has 0 N–H and O–H groups in total. The van der Waals surface area contributed by atoms with E-state index in [0.29, 0.717) is 0 Å². The van der Waals surface area contributed by atoms with E-state index >= 15 is 0 Å². The Hall–Kier alpha value is -2.93. The summed E-state index contributed by atoms with van der Waals surface area (Å²) in [4.78, 5) is -0.634. The third-order valence-corrected chi connectivity index (χ3v) is 4.18. The second-order valence-corrected chi connectivity index (χ2v) is 5.95. The second-order valence-electron chi connectivity index (χ2n) is 4.44. The topological polar surface area (TPSA) is 67.2 Å². The summed E-state index contributed by atoms with van der Waals surface area (Å²) in [6, 6.07) is 6.45. The Balaban J connectivity index is 2.60. The molecule has 4 nitrogen and oxygen atoms in total. The number of halogens is 5. The summed E-state index contributed by atoms with van der Waals surface area (Å²) >= 11 is 0. The van der Waals surface area contributed by atoms with Crippen molar-refractivity contribution in [3.63, 3.8) is 0 Å². The molecule has 2 aromatic carbocycles. The van der Waals surface area contributed by atoms with Gasteiger partial charge in [0.2, 0.25) is 34.8 Å². The Morgan fingerprint density at radius 1 is 0.920 bits per heavy atom. The van der Waals surface area contributed by atoms with Gasteiger partial charge < -0.3 is 4.18 Å². The lowest BCUT2D eigenvalue weighted by molar-refractivity contribution is 0.346. The van der Waals surface area contributed by atoms with Crippen LogP contribution >= 0.6 is 0 Å². The molecule has 2 rings (SSSR count). The van der Waals surface area contributed by atoms with Crippen molar-refractivity contribution in [2.24, 2.45) is 0 Å². The molecule has 130 valence electrons. The molecular weight excluding hydrogens is 369 g/mol. The molecule has 10 heteroatoms. The van der Waals surface area contributed by atoms with E-state index in [1.165, 1.54) is 18.2 Å². The van der Waals surface area contributed by atoms with Gasteiger partial charge in [-0.1, -0.05) is 18.2 Å². The van der Waals surface area contributed by atoms with E-state index in [1.54, 1.807) is 6.07 Å². The molecule has 0 saturated carbocycles. The average molecular weight is 375 g/mol. The maximum Gasteiger partial charge on any atom is 0.340 e. The van der Waals surface area contributed by atoms with Crippen molar-refractivity contribution in [2.75, 3.05) is 0 Å². The van der Waals surface area contributed by atoms with Crippen LogP contribution in [0.4, 0.5) is 22.0 Å². The highest BCUT2D eigenvalue weighted by Crippen LogP contribution is 2.32. The summed E-state index contributed by atoms with van der Waals surface area (Å²) in [6.07, 6.45) is 1.99. The highest BCUT2D eigenvalue weighted by molar-refractivity contribution is 7.87. The van der Waals surface area contributed by atoms with Gasteiger partial charge >= 0.3 is 10.1 Å². The molecule has 0 radical (unpaired) electrons. The Bertz CT molecular complexity index is 984. The van der Waals surface area contributed by atoms with Crippen LogP contribution in [0.25, 0.3) is 6.08 Å². The van der Waals surface area contributed by atoms with Crippen LogP contribution in [0, 0.1) is 40.4 Å². The third-order valence-electron chi connectivity index (χ3n) is 2.89. The number of hydrogen-bond donors (Lipinski definition) is 0. The largest absolute Gasteiger partial charge is 0.372 e. The zero-order valence-corrected chi connectivity index (χ0v) is 12.8. The Morgan fingerprint density at radius 3 is 2.00 bits per heavy atom. The molecule has 25 heavy (non-hydrogen) atoms. The molecule has 0 saturated heterocycles. The van der Waals surface area contributed by atoms with E-state index < -0.39 is 49.8 Å². The number of nitrogens with zero attached hydrogens (tertiary/aromatic N) is 1. The monoisotopic (exact) mass is 375 g/mol. The zero-order valence-electron chi connectivity index (χ0n) is 11.9. The van der Waals surface area contributed by atoms with Crippen LogP contribution in [0.3, 0.4) is 0 Å². The maximum absolute atomic E-state index is 13.6. The Morgan fingerprint density at radius 2 is 1.44 bits per heavy atom. The first-order valence-electron chi connectivity index (χ1n) is 6.31. The molecule has 0 aromatic heterocycles. The fraction of sp³-hybridized carbons (Fsp3) is 0. The van der Waals surface area contributed by atoms with Crippen molar-refractivity contribution in [3.05, 3.63) is 65.0 Å². The fourth-order valence-electron chi connectivity index (χ4n) is 1.79. The molecule has 0 heterocycles. The highest BCUT2D eigenvalue weighted by atomic mass is 32.2. The van der Waals surface area contributed by atoms with Gasteiger partial charge in [0.1, 0.15) is 4.90 Å². The summed E-state index contributed by atoms with van der Waals surface area (Å²) in [5.41, 5.74) is -0.0899. The summed E-state index contributed by atoms with van der Waals surface area (Å²) in [5, 5.41) is 8.48. The molecule has 0 fully saturated rings. The number of allylic oxidation sites excluding steroid dienone is 1. The van der Waals surface area contributed by atoms with Gasteiger partial charge in [0, 0.05) is 6.08 Å². The molecule has 0 spiro atoms. The minimum atomic E-state index is -4.96. The van der Waals surface area contributed by atoms with Gasteiger partial charge in [0.25, 0.3) is 0 Å². The first-order valence-corrected chi connectivity index (χ1v) is 7.72. The predicted octanol–water partition coefficient (Wildman–Crippen LogP) is 3.69. The van der Waals surface area contributed by atoms with Crippen LogP contribution in [0.2, 0.25) is 0 Å². The fourth-order valence-corrected chi connectivity index (χ4v) is 2.91. The van der Waals surface area contributed by atoms with Gasteiger partial charge in [-0.05, 0) is 17.7 Å². The van der Waals surface area contributed by atoms with Crippen LogP contribution in [0.1, 0.15) is 5.56 Å². The molecule has 2 aromatic rings. The Kier molecular flexibility index (Phi) is 5.08.